The van der Waals surface area contributed by atoms with Crippen LogP contribution >= 0.6 is 22.6 Å². The first-order valence-corrected chi connectivity index (χ1v) is 5.58. The molecule has 2 nitrogen and oxygen atoms in total. The van der Waals surface area contributed by atoms with Gasteiger partial charge in [0.2, 0.25) is 0 Å². The number of halogens is 1. The van der Waals surface area contributed by atoms with E-state index in [0.29, 0.717) is 6.61 Å². The van der Waals surface area contributed by atoms with Crippen molar-refractivity contribution in [2.75, 3.05) is 6.61 Å². The standard InChI is InChI=1S/C11H13IO2/c1-4-14-10-6-5-9(12)11(7(10)2)8(3)13/h5-6H,4H2,1-3H3. The highest BCUT2D eigenvalue weighted by Crippen LogP contribution is 2.26. The molecule has 0 amide bonds. The van der Waals surface area contributed by atoms with Crippen LogP contribution < -0.4 is 4.74 Å². The highest BCUT2D eigenvalue weighted by Gasteiger charge is 2.12. The van der Waals surface area contributed by atoms with Crippen molar-refractivity contribution in [3.63, 3.8) is 0 Å². The first-order chi connectivity index (χ1) is 6.57. The van der Waals surface area contributed by atoms with Crippen molar-refractivity contribution in [1.29, 1.82) is 0 Å². The number of ether oxygens (including phenoxy) is 1. The van der Waals surface area contributed by atoms with Gasteiger partial charge < -0.3 is 4.74 Å². The number of ketones is 1. The van der Waals surface area contributed by atoms with E-state index < -0.39 is 0 Å². The number of benzene rings is 1. The molecule has 0 heterocycles. The second-order valence-corrected chi connectivity index (χ2v) is 4.20. The van der Waals surface area contributed by atoms with E-state index in [1.165, 1.54) is 0 Å². The normalized spacial score (nSPS) is 10.0. The van der Waals surface area contributed by atoms with Gasteiger partial charge >= 0.3 is 0 Å². The number of Topliss-reactive ketones (excluding diaryl/α,β-unsaturated/α-hetero) is 1. The summed E-state index contributed by atoms with van der Waals surface area (Å²) in [6, 6.07) is 3.82. The van der Waals surface area contributed by atoms with E-state index >= 15 is 0 Å². The van der Waals surface area contributed by atoms with Gasteiger partial charge in [-0.3, -0.25) is 4.79 Å². The SMILES string of the molecule is CCOc1ccc(I)c(C(C)=O)c1C. The minimum Gasteiger partial charge on any atom is -0.494 e. The lowest BCUT2D eigenvalue weighted by Crippen LogP contribution is -2.03. The van der Waals surface area contributed by atoms with E-state index in [-0.39, 0.29) is 5.78 Å². The number of hydrogen-bond donors (Lipinski definition) is 0. The number of carbonyl (C=O) groups is 1. The summed E-state index contributed by atoms with van der Waals surface area (Å²) >= 11 is 2.17. The van der Waals surface area contributed by atoms with Crippen LogP contribution in [0.4, 0.5) is 0 Å². The highest BCUT2D eigenvalue weighted by atomic mass is 127. The number of rotatable bonds is 3. The molecule has 0 saturated carbocycles. The van der Waals surface area contributed by atoms with E-state index in [1.807, 2.05) is 26.0 Å². The van der Waals surface area contributed by atoms with Crippen LogP contribution in [0.2, 0.25) is 0 Å². The lowest BCUT2D eigenvalue weighted by atomic mass is 10.0. The summed E-state index contributed by atoms with van der Waals surface area (Å²) in [4.78, 5) is 11.4. The van der Waals surface area contributed by atoms with E-state index in [0.717, 1.165) is 20.4 Å². The molecule has 0 radical (unpaired) electrons. The molecule has 0 unspecified atom stereocenters. The van der Waals surface area contributed by atoms with E-state index in [2.05, 4.69) is 22.6 Å². The minimum absolute atomic E-state index is 0.0912. The molecule has 0 aliphatic carbocycles. The molecule has 0 aromatic heterocycles. The molecule has 0 aliphatic heterocycles. The van der Waals surface area contributed by atoms with Gasteiger partial charge in [-0.1, -0.05) is 0 Å². The zero-order valence-electron chi connectivity index (χ0n) is 8.56. The van der Waals surface area contributed by atoms with Crippen LogP contribution in [0.1, 0.15) is 29.8 Å². The van der Waals surface area contributed by atoms with Crippen molar-refractivity contribution >= 4 is 28.4 Å². The molecule has 0 spiro atoms. The molecule has 0 bridgehead atoms. The molecule has 1 rings (SSSR count). The summed E-state index contributed by atoms with van der Waals surface area (Å²) in [6.07, 6.45) is 0. The summed E-state index contributed by atoms with van der Waals surface area (Å²) in [5.41, 5.74) is 1.71. The fourth-order valence-electron chi connectivity index (χ4n) is 1.40. The Morgan fingerprint density at radius 1 is 1.50 bits per heavy atom. The van der Waals surface area contributed by atoms with Gasteiger partial charge in [0.05, 0.1) is 6.61 Å². The van der Waals surface area contributed by atoms with Gasteiger partial charge in [0, 0.05) is 14.7 Å². The van der Waals surface area contributed by atoms with Gasteiger partial charge in [0.1, 0.15) is 5.75 Å². The van der Waals surface area contributed by atoms with Crippen molar-refractivity contribution in [2.45, 2.75) is 20.8 Å². The molecule has 0 N–H and O–H groups in total. The van der Waals surface area contributed by atoms with Gasteiger partial charge in [-0.2, -0.15) is 0 Å². The summed E-state index contributed by atoms with van der Waals surface area (Å²) in [5, 5.41) is 0. The summed E-state index contributed by atoms with van der Waals surface area (Å²) < 4.78 is 6.41. The maximum absolute atomic E-state index is 11.4. The van der Waals surface area contributed by atoms with Crippen LogP contribution in [0.15, 0.2) is 12.1 Å². The van der Waals surface area contributed by atoms with Gasteiger partial charge in [-0.15, -0.1) is 0 Å². The van der Waals surface area contributed by atoms with Crippen LogP contribution in [0, 0.1) is 10.5 Å². The third kappa shape index (κ3) is 2.26. The van der Waals surface area contributed by atoms with Gasteiger partial charge in [0.15, 0.2) is 5.78 Å². The molecule has 1 aromatic carbocycles. The van der Waals surface area contributed by atoms with Crippen LogP contribution in [0.25, 0.3) is 0 Å². The van der Waals surface area contributed by atoms with Gasteiger partial charge in [-0.05, 0) is 55.5 Å². The Kier molecular flexibility index (Phi) is 3.92. The maximum Gasteiger partial charge on any atom is 0.161 e. The average molecular weight is 304 g/mol. The average Bonchev–Trinajstić information content (AvgIpc) is 2.10. The van der Waals surface area contributed by atoms with Crippen LogP contribution in [0.3, 0.4) is 0 Å². The summed E-state index contributed by atoms with van der Waals surface area (Å²) in [5.74, 6) is 0.895. The third-order valence-electron chi connectivity index (χ3n) is 2.02. The summed E-state index contributed by atoms with van der Waals surface area (Å²) in [7, 11) is 0. The first kappa shape index (κ1) is 11.5. The lowest BCUT2D eigenvalue weighted by molar-refractivity contribution is 0.101. The summed E-state index contributed by atoms with van der Waals surface area (Å²) in [6.45, 7) is 6.06. The predicted molar refractivity (Wildman–Crippen MR) is 65.1 cm³/mol. The molecular weight excluding hydrogens is 291 g/mol. The Hall–Kier alpha value is -0.580. The van der Waals surface area contributed by atoms with Crippen LogP contribution in [0.5, 0.6) is 5.75 Å². The Labute approximate surface area is 97.8 Å². The monoisotopic (exact) mass is 304 g/mol. The Bertz CT molecular complexity index is 359. The van der Waals surface area contributed by atoms with Crippen LogP contribution in [-0.4, -0.2) is 12.4 Å². The maximum atomic E-state index is 11.4. The van der Waals surface area contributed by atoms with Crippen molar-refractivity contribution in [3.8, 4) is 5.75 Å². The molecule has 3 heteroatoms. The third-order valence-corrected chi connectivity index (χ3v) is 2.92. The van der Waals surface area contributed by atoms with Crippen molar-refractivity contribution in [1.82, 2.24) is 0 Å². The predicted octanol–water partition coefficient (Wildman–Crippen LogP) is 3.20. The number of hydrogen-bond acceptors (Lipinski definition) is 2. The van der Waals surface area contributed by atoms with E-state index in [1.54, 1.807) is 6.92 Å². The highest BCUT2D eigenvalue weighted by molar-refractivity contribution is 14.1. The zero-order valence-corrected chi connectivity index (χ0v) is 10.7. The lowest BCUT2D eigenvalue weighted by Gasteiger charge is -2.11. The fraction of sp³-hybridized carbons (Fsp3) is 0.364. The second kappa shape index (κ2) is 4.77. The topological polar surface area (TPSA) is 26.3 Å². The zero-order chi connectivity index (χ0) is 10.7. The minimum atomic E-state index is 0.0912. The Morgan fingerprint density at radius 3 is 2.64 bits per heavy atom. The molecular formula is C11H13IO2. The largest absolute Gasteiger partial charge is 0.494 e. The smallest absolute Gasteiger partial charge is 0.161 e. The number of carbonyl (C=O) groups excluding carboxylic acids is 1. The first-order valence-electron chi connectivity index (χ1n) is 4.50. The van der Waals surface area contributed by atoms with Gasteiger partial charge in [0.25, 0.3) is 0 Å². The van der Waals surface area contributed by atoms with Crippen molar-refractivity contribution < 1.29 is 9.53 Å². The molecule has 0 aliphatic rings. The second-order valence-electron chi connectivity index (χ2n) is 3.03. The van der Waals surface area contributed by atoms with Crippen molar-refractivity contribution in [2.24, 2.45) is 0 Å². The van der Waals surface area contributed by atoms with E-state index in [4.69, 9.17) is 4.74 Å². The Morgan fingerprint density at radius 2 is 2.14 bits per heavy atom. The molecule has 1 aromatic rings. The fourth-order valence-corrected chi connectivity index (χ4v) is 2.37. The van der Waals surface area contributed by atoms with E-state index in [9.17, 15) is 4.79 Å². The molecule has 0 atom stereocenters. The van der Waals surface area contributed by atoms with Crippen molar-refractivity contribution in [3.05, 3.63) is 26.8 Å². The molecule has 0 saturated heterocycles. The Balaban J connectivity index is 3.26. The van der Waals surface area contributed by atoms with Crippen LogP contribution in [-0.2, 0) is 0 Å². The van der Waals surface area contributed by atoms with Gasteiger partial charge in [-0.25, -0.2) is 0 Å². The molecule has 0 fully saturated rings. The molecule has 76 valence electrons. The molecule has 14 heavy (non-hydrogen) atoms. The quantitative estimate of drug-likeness (QED) is 0.633.